The van der Waals surface area contributed by atoms with Gasteiger partial charge in [0.1, 0.15) is 5.76 Å². The molecule has 0 unspecified atom stereocenters. The Bertz CT molecular complexity index is 966. The second kappa shape index (κ2) is 8.91. The summed E-state index contributed by atoms with van der Waals surface area (Å²) in [6.45, 7) is 0.416. The summed E-state index contributed by atoms with van der Waals surface area (Å²) in [5.41, 5.74) is 2.12. The molecule has 28 heavy (non-hydrogen) atoms. The average Bonchev–Trinajstić information content (AvgIpc) is 3.21. The fraction of sp³-hybridized carbons (Fsp3) is 0.143. The van der Waals surface area contributed by atoms with Crippen LogP contribution in [0.25, 0.3) is 11.5 Å². The highest BCUT2D eigenvalue weighted by molar-refractivity contribution is 7.81. The van der Waals surface area contributed by atoms with Crippen LogP contribution in [0.4, 0.5) is 5.69 Å². The maximum atomic E-state index is 11.0. The molecule has 0 radical (unpaired) electrons. The van der Waals surface area contributed by atoms with E-state index >= 15 is 0 Å². The molecule has 7 heteroatoms. The van der Waals surface area contributed by atoms with Gasteiger partial charge in [0, 0.05) is 42.5 Å². The summed E-state index contributed by atoms with van der Waals surface area (Å²) in [4.78, 5) is 2.40. The molecule has 0 saturated heterocycles. The molecule has 0 bridgehead atoms. The molecule has 0 atom stereocenters. The van der Waals surface area contributed by atoms with Crippen LogP contribution in [-0.2, 0) is 6.54 Å². The van der Waals surface area contributed by atoms with E-state index in [2.05, 4.69) is 5.32 Å². The number of pyridine rings is 1. The first kappa shape index (κ1) is 19.9. The van der Waals surface area contributed by atoms with Crippen molar-refractivity contribution in [3.05, 3.63) is 83.5 Å². The fourth-order valence-corrected chi connectivity index (χ4v) is 3.02. The van der Waals surface area contributed by atoms with E-state index < -0.39 is 0 Å². The lowest BCUT2D eigenvalue weighted by molar-refractivity contribution is -0.575. The zero-order valence-electron chi connectivity index (χ0n) is 15.6. The van der Waals surface area contributed by atoms with Crippen molar-refractivity contribution in [2.24, 2.45) is 0 Å². The lowest BCUT2D eigenvalue weighted by Crippen LogP contribution is -2.41. The molecule has 0 amide bonds. The van der Waals surface area contributed by atoms with Crippen LogP contribution in [0.15, 0.2) is 71.6 Å². The third-order valence-electron chi connectivity index (χ3n) is 4.15. The minimum atomic E-state index is 0.0521. The van der Waals surface area contributed by atoms with Crippen LogP contribution in [0.1, 0.15) is 11.3 Å². The van der Waals surface area contributed by atoms with Gasteiger partial charge in [-0.05, 0) is 36.4 Å². The molecule has 3 aromatic rings. The van der Waals surface area contributed by atoms with Gasteiger partial charge in [0.2, 0.25) is 0 Å². The Kier molecular flexibility index (Phi) is 6.34. The lowest BCUT2D eigenvalue weighted by Gasteiger charge is -2.12. The third-order valence-corrected chi connectivity index (χ3v) is 4.74. The summed E-state index contributed by atoms with van der Waals surface area (Å²) >= 11 is 11.6. The number of rotatable bonds is 6. The highest BCUT2D eigenvalue weighted by atomic mass is 35.5. The largest absolute Gasteiger partial charge is 0.502 e. The van der Waals surface area contributed by atoms with E-state index in [4.69, 9.17) is 28.2 Å². The van der Waals surface area contributed by atoms with Crippen molar-refractivity contribution in [3.8, 4) is 0 Å². The minimum absolute atomic E-state index is 0.0521. The van der Waals surface area contributed by atoms with Gasteiger partial charge in [-0.25, -0.2) is 0 Å². The van der Waals surface area contributed by atoms with Gasteiger partial charge < -0.3 is 19.7 Å². The number of hydrogen-bond donors (Lipinski definition) is 2. The summed E-state index contributed by atoms with van der Waals surface area (Å²) in [5, 5.41) is 14.7. The smallest absolute Gasteiger partial charge is 0.288 e. The van der Waals surface area contributed by atoms with Crippen molar-refractivity contribution in [3.63, 3.8) is 0 Å². The topological polar surface area (TPSA) is 52.5 Å². The Morgan fingerprint density at radius 3 is 2.39 bits per heavy atom. The molecule has 0 spiro atoms. The molecule has 144 valence electrons. The number of anilines is 1. The van der Waals surface area contributed by atoms with Crippen LogP contribution < -0.4 is 14.8 Å². The molecule has 0 saturated carbocycles. The summed E-state index contributed by atoms with van der Waals surface area (Å²) < 4.78 is 7.13. The van der Waals surface area contributed by atoms with Crippen LogP contribution in [0.3, 0.4) is 0 Å². The molecule has 2 aromatic heterocycles. The summed E-state index contributed by atoms with van der Waals surface area (Å²) in [6, 6.07) is 14.5. The number of thiocarbonyl (C=S) groups is 1. The van der Waals surface area contributed by atoms with Crippen LogP contribution in [0.5, 0.6) is 0 Å². The van der Waals surface area contributed by atoms with Gasteiger partial charge >= 0.3 is 0 Å². The van der Waals surface area contributed by atoms with Gasteiger partial charge in [0.25, 0.3) is 5.70 Å². The number of aliphatic hydroxyl groups is 1. The molecule has 5 nitrogen and oxygen atoms in total. The normalized spacial score (nSPS) is 11.7. The Hall–Kier alpha value is -2.83. The van der Waals surface area contributed by atoms with Crippen LogP contribution in [-0.4, -0.2) is 24.2 Å². The standard InChI is InChI=1S/C21H20ClN3O2S/c1-24(2)17-9-11-25(12-10-17)19(20(26)15-5-7-16(22)8-6-15)21(28)23-14-18-4-3-13-27-18/h3-13H,14H2,1-2H3,(H-,23,26,28)/p+1. The Balaban J connectivity index is 1.98. The Morgan fingerprint density at radius 1 is 1.14 bits per heavy atom. The molecule has 0 fully saturated rings. The van der Waals surface area contributed by atoms with E-state index in [9.17, 15) is 5.11 Å². The molecule has 0 aliphatic rings. The summed E-state index contributed by atoms with van der Waals surface area (Å²) in [7, 11) is 3.94. The number of aliphatic hydroxyl groups excluding tert-OH is 1. The maximum absolute atomic E-state index is 11.0. The first-order valence-electron chi connectivity index (χ1n) is 8.64. The predicted octanol–water partition coefficient (Wildman–Crippen LogP) is 4.29. The van der Waals surface area contributed by atoms with Crippen molar-refractivity contribution in [2.75, 3.05) is 19.0 Å². The number of benzene rings is 1. The second-order valence-electron chi connectivity index (χ2n) is 6.32. The van der Waals surface area contributed by atoms with Crippen molar-refractivity contribution in [1.29, 1.82) is 0 Å². The van der Waals surface area contributed by atoms with Crippen molar-refractivity contribution in [2.45, 2.75) is 6.54 Å². The van der Waals surface area contributed by atoms with E-state index in [1.54, 1.807) is 35.1 Å². The maximum Gasteiger partial charge on any atom is 0.288 e. The van der Waals surface area contributed by atoms with Gasteiger partial charge in [0.05, 0.1) is 12.8 Å². The van der Waals surface area contributed by atoms with E-state index in [1.165, 1.54) is 0 Å². The molecular weight excluding hydrogens is 394 g/mol. The molecule has 2 heterocycles. The molecule has 1 aromatic carbocycles. The average molecular weight is 415 g/mol. The quantitative estimate of drug-likeness (QED) is 0.273. The Morgan fingerprint density at radius 2 is 1.82 bits per heavy atom. The monoisotopic (exact) mass is 414 g/mol. The van der Waals surface area contributed by atoms with E-state index in [0.717, 1.165) is 11.4 Å². The second-order valence-corrected chi connectivity index (χ2v) is 7.17. The first-order valence-corrected chi connectivity index (χ1v) is 9.43. The number of aromatic nitrogens is 1. The van der Waals surface area contributed by atoms with Gasteiger partial charge in [-0.1, -0.05) is 23.8 Å². The number of nitrogens with zero attached hydrogens (tertiary/aromatic N) is 2. The molecule has 3 rings (SSSR count). The van der Waals surface area contributed by atoms with Crippen LogP contribution in [0, 0.1) is 0 Å². The highest BCUT2D eigenvalue weighted by Crippen LogP contribution is 2.20. The lowest BCUT2D eigenvalue weighted by atomic mass is 10.1. The van der Waals surface area contributed by atoms with Gasteiger partial charge in [-0.3, -0.25) is 0 Å². The zero-order chi connectivity index (χ0) is 20.1. The van der Waals surface area contributed by atoms with Crippen LogP contribution >= 0.6 is 23.8 Å². The summed E-state index contributed by atoms with van der Waals surface area (Å²) in [5.74, 6) is 0.803. The van der Waals surface area contributed by atoms with E-state index in [1.807, 2.05) is 55.7 Å². The van der Waals surface area contributed by atoms with Gasteiger partial charge in [-0.2, -0.15) is 4.57 Å². The Labute approximate surface area is 174 Å². The van der Waals surface area contributed by atoms with Gasteiger partial charge in [-0.15, -0.1) is 0 Å². The zero-order valence-corrected chi connectivity index (χ0v) is 17.2. The number of furan rings is 1. The first-order chi connectivity index (χ1) is 13.5. The van der Waals surface area contributed by atoms with Gasteiger partial charge in [0.15, 0.2) is 23.1 Å². The van der Waals surface area contributed by atoms with Crippen molar-refractivity contribution >= 4 is 46.0 Å². The molecule has 0 aliphatic heterocycles. The number of halogens is 1. The third kappa shape index (κ3) is 4.71. The highest BCUT2D eigenvalue weighted by Gasteiger charge is 2.24. The fourth-order valence-electron chi connectivity index (χ4n) is 2.62. The summed E-state index contributed by atoms with van der Waals surface area (Å²) in [6.07, 6.45) is 5.33. The van der Waals surface area contributed by atoms with Crippen molar-refractivity contribution in [1.82, 2.24) is 5.32 Å². The van der Waals surface area contributed by atoms with Crippen molar-refractivity contribution < 1.29 is 14.1 Å². The molecular formula is C21H21ClN3O2S+. The number of hydrogen-bond acceptors (Lipinski definition) is 4. The molecule has 2 N–H and O–H groups in total. The van der Waals surface area contributed by atoms with E-state index in [-0.39, 0.29) is 5.76 Å². The number of nitrogens with one attached hydrogen (secondary N) is 1. The molecule has 0 aliphatic carbocycles. The van der Waals surface area contributed by atoms with E-state index in [0.29, 0.717) is 27.8 Å². The minimum Gasteiger partial charge on any atom is -0.502 e. The van der Waals surface area contributed by atoms with Crippen LogP contribution in [0.2, 0.25) is 5.02 Å². The SMILES string of the molecule is CN(C)c1cc[n+](C(C(=S)NCc2ccco2)=C(O)c2ccc(Cl)cc2)cc1. The predicted molar refractivity (Wildman–Crippen MR) is 116 cm³/mol.